The van der Waals surface area contributed by atoms with Gasteiger partial charge in [-0.1, -0.05) is 6.07 Å². The number of carbonyl (C=O) groups excluding carboxylic acids is 1. The van der Waals surface area contributed by atoms with Crippen molar-refractivity contribution in [3.63, 3.8) is 0 Å². The summed E-state index contributed by atoms with van der Waals surface area (Å²) in [6, 6.07) is 6.56. The number of nitrogens with two attached hydrogens (primary N) is 1. The fourth-order valence-corrected chi connectivity index (χ4v) is 1.26. The van der Waals surface area contributed by atoms with Crippen LogP contribution in [-0.4, -0.2) is 29.5 Å². The average Bonchev–Trinajstić information content (AvgIpc) is 2.28. The SMILES string of the molecule is CN(CCC#N)C(=O)c1cccc(N)c1O. The van der Waals surface area contributed by atoms with Crippen LogP contribution < -0.4 is 5.73 Å². The number of anilines is 1. The number of aromatic hydroxyl groups is 1. The quantitative estimate of drug-likeness (QED) is 0.585. The van der Waals surface area contributed by atoms with Crippen molar-refractivity contribution in [3.05, 3.63) is 23.8 Å². The topological polar surface area (TPSA) is 90.4 Å². The standard InChI is InChI=1S/C11H13N3O2/c1-14(7-3-6-12)11(16)8-4-2-5-9(13)10(8)15/h2,4-5,15H,3,7,13H2,1H3. The maximum Gasteiger partial charge on any atom is 0.257 e. The zero-order valence-corrected chi connectivity index (χ0v) is 8.97. The highest BCUT2D eigenvalue weighted by Crippen LogP contribution is 2.25. The maximum atomic E-state index is 11.8. The summed E-state index contributed by atoms with van der Waals surface area (Å²) < 4.78 is 0. The predicted octanol–water partition coefficient (Wildman–Crippen LogP) is 0.960. The van der Waals surface area contributed by atoms with Gasteiger partial charge >= 0.3 is 0 Å². The number of nitrogens with zero attached hydrogens (tertiary/aromatic N) is 2. The lowest BCUT2D eigenvalue weighted by Crippen LogP contribution is -2.27. The lowest BCUT2D eigenvalue weighted by molar-refractivity contribution is 0.0795. The van der Waals surface area contributed by atoms with E-state index in [-0.39, 0.29) is 29.3 Å². The highest BCUT2D eigenvalue weighted by molar-refractivity contribution is 5.98. The fraction of sp³-hybridized carbons (Fsp3) is 0.273. The van der Waals surface area contributed by atoms with E-state index in [9.17, 15) is 9.90 Å². The highest BCUT2D eigenvalue weighted by atomic mass is 16.3. The van der Waals surface area contributed by atoms with Gasteiger partial charge in [-0.15, -0.1) is 0 Å². The normalized spacial score (nSPS) is 9.50. The molecule has 5 nitrogen and oxygen atoms in total. The molecule has 0 spiro atoms. The molecule has 0 saturated heterocycles. The Bertz CT molecular complexity index is 437. The number of hydrogen-bond donors (Lipinski definition) is 2. The largest absolute Gasteiger partial charge is 0.505 e. The van der Waals surface area contributed by atoms with E-state index in [1.54, 1.807) is 13.1 Å². The second-order valence-corrected chi connectivity index (χ2v) is 3.38. The van der Waals surface area contributed by atoms with Crippen molar-refractivity contribution >= 4 is 11.6 Å². The van der Waals surface area contributed by atoms with Gasteiger partial charge in [0.1, 0.15) is 0 Å². The van der Waals surface area contributed by atoms with E-state index in [1.807, 2.05) is 6.07 Å². The minimum atomic E-state index is -0.347. The third-order valence-corrected chi connectivity index (χ3v) is 2.20. The number of benzene rings is 1. The number of phenols is 1. The minimum Gasteiger partial charge on any atom is -0.505 e. The first-order chi connectivity index (χ1) is 7.57. The van der Waals surface area contributed by atoms with E-state index < -0.39 is 0 Å². The molecule has 0 radical (unpaired) electrons. The molecule has 0 aromatic heterocycles. The Labute approximate surface area is 93.7 Å². The van der Waals surface area contributed by atoms with Crippen molar-refractivity contribution < 1.29 is 9.90 Å². The molecule has 0 saturated carbocycles. The van der Waals surface area contributed by atoms with E-state index in [4.69, 9.17) is 11.0 Å². The summed E-state index contributed by atoms with van der Waals surface area (Å²) in [5.74, 6) is -0.559. The number of rotatable bonds is 3. The van der Waals surface area contributed by atoms with Crippen LogP contribution in [0.4, 0.5) is 5.69 Å². The predicted molar refractivity (Wildman–Crippen MR) is 59.7 cm³/mol. The monoisotopic (exact) mass is 219 g/mol. The second kappa shape index (κ2) is 5.03. The number of hydrogen-bond acceptors (Lipinski definition) is 4. The fourth-order valence-electron chi connectivity index (χ4n) is 1.26. The number of para-hydroxylation sites is 1. The first-order valence-electron chi connectivity index (χ1n) is 4.77. The van der Waals surface area contributed by atoms with Crippen LogP contribution in [0.5, 0.6) is 5.75 Å². The smallest absolute Gasteiger partial charge is 0.257 e. The van der Waals surface area contributed by atoms with Gasteiger partial charge in [-0.2, -0.15) is 5.26 Å². The van der Waals surface area contributed by atoms with Crippen molar-refractivity contribution in [2.24, 2.45) is 0 Å². The van der Waals surface area contributed by atoms with Gasteiger partial charge in [-0.05, 0) is 12.1 Å². The molecule has 0 bridgehead atoms. The van der Waals surface area contributed by atoms with Gasteiger partial charge in [0.05, 0.1) is 23.7 Å². The first kappa shape index (κ1) is 11.9. The second-order valence-electron chi connectivity index (χ2n) is 3.38. The molecule has 0 aliphatic rings. The summed E-state index contributed by atoms with van der Waals surface area (Å²) in [6.07, 6.45) is 0.255. The summed E-state index contributed by atoms with van der Waals surface area (Å²) in [4.78, 5) is 13.2. The molecule has 0 unspecified atom stereocenters. The van der Waals surface area contributed by atoms with Gasteiger partial charge in [0.15, 0.2) is 5.75 Å². The van der Waals surface area contributed by atoms with Crippen molar-refractivity contribution in [1.82, 2.24) is 4.90 Å². The van der Waals surface area contributed by atoms with E-state index in [0.29, 0.717) is 6.54 Å². The number of nitriles is 1. The van der Waals surface area contributed by atoms with Gasteiger partial charge in [0, 0.05) is 13.6 Å². The number of carbonyl (C=O) groups is 1. The molecular weight excluding hydrogens is 206 g/mol. The summed E-state index contributed by atoms with van der Waals surface area (Å²) in [5.41, 5.74) is 5.81. The summed E-state index contributed by atoms with van der Waals surface area (Å²) in [5, 5.41) is 18.0. The van der Waals surface area contributed by atoms with Crippen LogP contribution in [0, 0.1) is 11.3 Å². The highest BCUT2D eigenvalue weighted by Gasteiger charge is 2.16. The molecule has 1 amide bonds. The van der Waals surface area contributed by atoms with Gasteiger partial charge in [-0.3, -0.25) is 4.79 Å². The molecule has 0 fully saturated rings. The molecule has 0 aliphatic carbocycles. The molecule has 16 heavy (non-hydrogen) atoms. The van der Waals surface area contributed by atoms with Gasteiger partial charge in [0.25, 0.3) is 5.91 Å². The first-order valence-corrected chi connectivity index (χ1v) is 4.77. The summed E-state index contributed by atoms with van der Waals surface area (Å²) in [6.45, 7) is 0.323. The molecular formula is C11H13N3O2. The van der Waals surface area contributed by atoms with Crippen LogP contribution in [-0.2, 0) is 0 Å². The number of amides is 1. The lowest BCUT2D eigenvalue weighted by Gasteiger charge is -2.16. The molecule has 1 rings (SSSR count). The molecule has 5 heteroatoms. The molecule has 0 aliphatic heterocycles. The van der Waals surface area contributed by atoms with Crippen LogP contribution in [0.2, 0.25) is 0 Å². The minimum absolute atomic E-state index is 0.153. The van der Waals surface area contributed by atoms with E-state index in [0.717, 1.165) is 0 Å². The molecule has 0 heterocycles. The Morgan fingerprint density at radius 3 is 2.94 bits per heavy atom. The summed E-state index contributed by atoms with van der Waals surface area (Å²) >= 11 is 0. The third kappa shape index (κ3) is 2.42. The number of phenolic OH excluding ortho intramolecular Hbond substituents is 1. The molecule has 3 N–H and O–H groups in total. The zero-order valence-electron chi connectivity index (χ0n) is 8.97. The van der Waals surface area contributed by atoms with Crippen molar-refractivity contribution in [2.45, 2.75) is 6.42 Å². The Balaban J connectivity index is 2.89. The Kier molecular flexibility index (Phi) is 3.72. The van der Waals surface area contributed by atoms with Crippen LogP contribution in [0.25, 0.3) is 0 Å². The lowest BCUT2D eigenvalue weighted by atomic mass is 10.1. The van der Waals surface area contributed by atoms with Crippen LogP contribution >= 0.6 is 0 Å². The Morgan fingerprint density at radius 2 is 2.31 bits per heavy atom. The van der Waals surface area contributed by atoms with Gasteiger partial charge in [-0.25, -0.2) is 0 Å². The Morgan fingerprint density at radius 1 is 1.62 bits per heavy atom. The van der Waals surface area contributed by atoms with Crippen LogP contribution in [0.3, 0.4) is 0 Å². The molecule has 1 aromatic rings. The Hall–Kier alpha value is -2.22. The maximum absolute atomic E-state index is 11.8. The van der Waals surface area contributed by atoms with Crippen LogP contribution in [0.15, 0.2) is 18.2 Å². The van der Waals surface area contributed by atoms with E-state index >= 15 is 0 Å². The third-order valence-electron chi connectivity index (χ3n) is 2.20. The van der Waals surface area contributed by atoms with Gasteiger partial charge < -0.3 is 15.7 Å². The van der Waals surface area contributed by atoms with Crippen molar-refractivity contribution in [2.75, 3.05) is 19.3 Å². The van der Waals surface area contributed by atoms with E-state index in [1.165, 1.54) is 17.0 Å². The molecule has 84 valence electrons. The average molecular weight is 219 g/mol. The van der Waals surface area contributed by atoms with E-state index in [2.05, 4.69) is 0 Å². The summed E-state index contributed by atoms with van der Waals surface area (Å²) in [7, 11) is 1.57. The van der Waals surface area contributed by atoms with Crippen molar-refractivity contribution in [1.29, 1.82) is 5.26 Å². The van der Waals surface area contributed by atoms with Gasteiger partial charge in [0.2, 0.25) is 0 Å². The van der Waals surface area contributed by atoms with Crippen molar-refractivity contribution in [3.8, 4) is 11.8 Å². The number of nitrogen functional groups attached to an aromatic ring is 1. The molecule has 1 aromatic carbocycles. The van der Waals surface area contributed by atoms with Crippen LogP contribution in [0.1, 0.15) is 16.8 Å². The zero-order chi connectivity index (χ0) is 12.1. The molecule has 0 atom stereocenters.